The Kier molecular flexibility index (Phi) is 5.16. The first-order chi connectivity index (χ1) is 8.36. The van der Waals surface area contributed by atoms with E-state index in [1.807, 2.05) is 31.2 Å². The van der Waals surface area contributed by atoms with Crippen molar-refractivity contribution in [2.75, 3.05) is 12.9 Å². The molecule has 4 nitrogen and oxygen atoms in total. The van der Waals surface area contributed by atoms with E-state index in [4.69, 9.17) is 10.5 Å². The number of benzene rings is 1. The lowest BCUT2D eigenvalue weighted by atomic mass is 10.1. The Morgan fingerprint density at radius 1 is 1.28 bits per heavy atom. The largest absolute Gasteiger partial charge is 0.494 e. The summed E-state index contributed by atoms with van der Waals surface area (Å²) in [4.78, 5) is 0. The molecular weight excluding hydrogens is 250 g/mol. The number of hydrogen-bond donors (Lipinski definition) is 1. The Bertz CT molecular complexity index is 468. The molecule has 0 fully saturated rings. The van der Waals surface area contributed by atoms with Gasteiger partial charge < -0.3 is 10.5 Å². The van der Waals surface area contributed by atoms with Crippen LogP contribution < -0.4 is 10.5 Å². The first-order valence-electron chi connectivity index (χ1n) is 6.03. The van der Waals surface area contributed by atoms with Crippen LogP contribution in [0.5, 0.6) is 5.75 Å². The van der Waals surface area contributed by atoms with E-state index in [0.717, 1.165) is 17.7 Å². The number of nitrogens with two attached hydrogens (primary N) is 1. The SMILES string of the molecule is CCCOc1ccc(C(N)C(C)S(C)(=O)=O)cc1. The van der Waals surface area contributed by atoms with Crippen LogP contribution in [0.3, 0.4) is 0 Å². The third kappa shape index (κ3) is 3.99. The Morgan fingerprint density at radius 2 is 1.83 bits per heavy atom. The predicted octanol–water partition coefficient (Wildman–Crippen LogP) is 1.91. The average Bonchev–Trinajstić information content (AvgIpc) is 2.34. The molecule has 2 unspecified atom stereocenters. The summed E-state index contributed by atoms with van der Waals surface area (Å²) in [5, 5.41) is -0.597. The average molecular weight is 271 g/mol. The van der Waals surface area contributed by atoms with E-state index in [2.05, 4.69) is 0 Å². The smallest absolute Gasteiger partial charge is 0.151 e. The second kappa shape index (κ2) is 6.20. The first kappa shape index (κ1) is 15.0. The summed E-state index contributed by atoms with van der Waals surface area (Å²) in [7, 11) is -3.13. The van der Waals surface area contributed by atoms with Gasteiger partial charge in [0, 0.05) is 12.3 Å². The fraction of sp³-hybridized carbons (Fsp3) is 0.538. The zero-order chi connectivity index (χ0) is 13.8. The summed E-state index contributed by atoms with van der Waals surface area (Å²) in [5.41, 5.74) is 6.76. The van der Waals surface area contributed by atoms with Crippen LogP contribution in [0.2, 0.25) is 0 Å². The van der Waals surface area contributed by atoms with Crippen LogP contribution in [0.4, 0.5) is 0 Å². The molecule has 2 atom stereocenters. The molecule has 0 aliphatic rings. The van der Waals surface area contributed by atoms with Crippen molar-refractivity contribution in [1.29, 1.82) is 0 Å². The van der Waals surface area contributed by atoms with Crippen molar-refractivity contribution in [1.82, 2.24) is 0 Å². The van der Waals surface area contributed by atoms with Gasteiger partial charge in [0.2, 0.25) is 0 Å². The van der Waals surface area contributed by atoms with Gasteiger partial charge in [0.1, 0.15) is 5.75 Å². The van der Waals surface area contributed by atoms with E-state index < -0.39 is 21.1 Å². The highest BCUT2D eigenvalue weighted by atomic mass is 32.2. The van der Waals surface area contributed by atoms with E-state index in [9.17, 15) is 8.42 Å². The number of hydrogen-bond acceptors (Lipinski definition) is 4. The van der Waals surface area contributed by atoms with Crippen molar-refractivity contribution in [2.45, 2.75) is 31.6 Å². The molecule has 0 aliphatic heterocycles. The van der Waals surface area contributed by atoms with Crippen LogP contribution in [0, 0.1) is 0 Å². The van der Waals surface area contributed by atoms with E-state index in [-0.39, 0.29) is 0 Å². The summed E-state index contributed by atoms with van der Waals surface area (Å²) in [6.07, 6.45) is 2.16. The Hall–Kier alpha value is -1.07. The summed E-state index contributed by atoms with van der Waals surface area (Å²) in [6.45, 7) is 4.34. The van der Waals surface area contributed by atoms with Gasteiger partial charge in [-0.3, -0.25) is 0 Å². The van der Waals surface area contributed by atoms with Gasteiger partial charge in [-0.2, -0.15) is 0 Å². The van der Waals surface area contributed by atoms with Crippen LogP contribution in [-0.2, 0) is 9.84 Å². The van der Waals surface area contributed by atoms with Gasteiger partial charge in [-0.15, -0.1) is 0 Å². The normalized spacial score (nSPS) is 15.1. The lowest BCUT2D eigenvalue weighted by Gasteiger charge is -2.18. The molecule has 0 saturated heterocycles. The maximum absolute atomic E-state index is 11.4. The molecule has 0 aromatic heterocycles. The maximum atomic E-state index is 11.4. The van der Waals surface area contributed by atoms with Crippen LogP contribution in [0.1, 0.15) is 31.9 Å². The molecule has 0 amide bonds. The molecule has 102 valence electrons. The second-order valence-corrected chi connectivity index (χ2v) is 6.88. The number of rotatable bonds is 6. The second-order valence-electron chi connectivity index (χ2n) is 4.48. The highest BCUT2D eigenvalue weighted by molar-refractivity contribution is 7.91. The zero-order valence-electron chi connectivity index (χ0n) is 11.1. The molecule has 1 aromatic carbocycles. The summed E-state index contributed by atoms with van der Waals surface area (Å²) in [6, 6.07) is 6.76. The molecule has 0 spiro atoms. The molecule has 0 bridgehead atoms. The molecular formula is C13H21NO3S. The molecule has 18 heavy (non-hydrogen) atoms. The summed E-state index contributed by atoms with van der Waals surface area (Å²) in [5.74, 6) is 0.778. The van der Waals surface area contributed by atoms with E-state index in [1.54, 1.807) is 6.92 Å². The predicted molar refractivity (Wildman–Crippen MR) is 73.5 cm³/mol. The minimum atomic E-state index is -3.13. The van der Waals surface area contributed by atoms with Gasteiger partial charge in [0.15, 0.2) is 9.84 Å². The van der Waals surface area contributed by atoms with Crippen molar-refractivity contribution in [3.05, 3.63) is 29.8 Å². The minimum absolute atomic E-state index is 0.514. The molecule has 5 heteroatoms. The van der Waals surface area contributed by atoms with Crippen LogP contribution in [0.15, 0.2) is 24.3 Å². The zero-order valence-corrected chi connectivity index (χ0v) is 11.9. The fourth-order valence-electron chi connectivity index (χ4n) is 1.54. The standard InChI is InChI=1S/C13H21NO3S/c1-4-9-17-12-7-5-11(6-8-12)13(14)10(2)18(3,15)16/h5-8,10,13H,4,9,14H2,1-3H3. The highest BCUT2D eigenvalue weighted by Crippen LogP contribution is 2.21. The topological polar surface area (TPSA) is 69.4 Å². The van der Waals surface area contributed by atoms with Crippen LogP contribution in [0.25, 0.3) is 0 Å². The molecule has 2 N–H and O–H groups in total. The lowest BCUT2D eigenvalue weighted by Crippen LogP contribution is -2.30. The van der Waals surface area contributed by atoms with E-state index >= 15 is 0 Å². The van der Waals surface area contributed by atoms with Crippen LogP contribution in [-0.4, -0.2) is 26.5 Å². The Morgan fingerprint density at radius 3 is 2.28 bits per heavy atom. The van der Waals surface area contributed by atoms with Crippen molar-refractivity contribution < 1.29 is 13.2 Å². The Labute approximate surface area is 109 Å². The van der Waals surface area contributed by atoms with Gasteiger partial charge in [-0.1, -0.05) is 19.1 Å². The molecule has 0 radical (unpaired) electrons. The molecule has 0 heterocycles. The van der Waals surface area contributed by atoms with Crippen molar-refractivity contribution >= 4 is 9.84 Å². The van der Waals surface area contributed by atoms with Gasteiger partial charge in [-0.05, 0) is 31.0 Å². The Balaban J connectivity index is 2.79. The first-order valence-corrected chi connectivity index (χ1v) is 7.99. The van der Waals surface area contributed by atoms with Gasteiger partial charge in [-0.25, -0.2) is 8.42 Å². The number of sulfone groups is 1. The van der Waals surface area contributed by atoms with Crippen molar-refractivity contribution in [3.8, 4) is 5.75 Å². The van der Waals surface area contributed by atoms with Crippen molar-refractivity contribution in [2.24, 2.45) is 5.73 Å². The fourth-order valence-corrected chi connectivity index (χ4v) is 2.23. The van der Waals surface area contributed by atoms with Crippen LogP contribution >= 0.6 is 0 Å². The van der Waals surface area contributed by atoms with Gasteiger partial charge >= 0.3 is 0 Å². The van der Waals surface area contributed by atoms with Crippen molar-refractivity contribution in [3.63, 3.8) is 0 Å². The highest BCUT2D eigenvalue weighted by Gasteiger charge is 2.23. The molecule has 0 saturated carbocycles. The minimum Gasteiger partial charge on any atom is -0.494 e. The summed E-state index contributed by atoms with van der Waals surface area (Å²) < 4.78 is 28.4. The quantitative estimate of drug-likeness (QED) is 0.858. The number of ether oxygens (including phenoxy) is 1. The monoisotopic (exact) mass is 271 g/mol. The van der Waals surface area contributed by atoms with Gasteiger partial charge in [0.25, 0.3) is 0 Å². The molecule has 0 aliphatic carbocycles. The molecule has 1 aromatic rings. The van der Waals surface area contributed by atoms with Gasteiger partial charge in [0.05, 0.1) is 11.9 Å². The third-order valence-electron chi connectivity index (χ3n) is 2.92. The maximum Gasteiger partial charge on any atom is 0.151 e. The van der Waals surface area contributed by atoms with E-state index in [0.29, 0.717) is 6.61 Å². The van der Waals surface area contributed by atoms with E-state index in [1.165, 1.54) is 6.26 Å². The third-order valence-corrected chi connectivity index (χ3v) is 4.56. The lowest BCUT2D eigenvalue weighted by molar-refractivity contribution is 0.317. The summed E-state index contributed by atoms with van der Waals surface area (Å²) >= 11 is 0. The molecule has 1 rings (SSSR count).